The third-order valence-corrected chi connectivity index (χ3v) is 3.68. The Morgan fingerprint density at radius 1 is 1.46 bits per heavy atom. The normalized spacial score (nSPS) is 25.4. The van der Waals surface area contributed by atoms with Crippen LogP contribution >= 0.6 is 22.6 Å². The van der Waals surface area contributed by atoms with Crippen LogP contribution < -0.4 is 5.32 Å². The lowest BCUT2D eigenvalue weighted by atomic mass is 10.1. The van der Waals surface area contributed by atoms with Crippen molar-refractivity contribution in [2.24, 2.45) is 0 Å². The second kappa shape index (κ2) is 3.48. The van der Waals surface area contributed by atoms with Crippen molar-refractivity contribution in [1.82, 2.24) is 0 Å². The molecule has 0 bridgehead atoms. The molecule has 1 aromatic rings. The fourth-order valence-corrected chi connectivity index (χ4v) is 3.17. The molecular formula is C11H14IN. The number of halogens is 1. The van der Waals surface area contributed by atoms with E-state index >= 15 is 0 Å². The van der Waals surface area contributed by atoms with Gasteiger partial charge in [-0.05, 0) is 18.1 Å². The summed E-state index contributed by atoms with van der Waals surface area (Å²) in [6, 6.07) is 8.61. The molecule has 0 amide bonds. The van der Waals surface area contributed by atoms with Crippen molar-refractivity contribution in [3.63, 3.8) is 0 Å². The molecule has 1 aromatic carbocycles. The summed E-state index contributed by atoms with van der Waals surface area (Å²) in [4.78, 5) is 0. The third-order valence-electron chi connectivity index (χ3n) is 2.49. The first-order chi connectivity index (χ1) is 6.23. The lowest BCUT2D eigenvalue weighted by Gasteiger charge is -2.21. The molecular weight excluding hydrogens is 273 g/mol. The van der Waals surface area contributed by atoms with Gasteiger partial charge >= 0.3 is 0 Å². The van der Waals surface area contributed by atoms with Crippen LogP contribution in [0.2, 0.25) is 0 Å². The maximum Gasteiger partial charge on any atom is 0.0932 e. The summed E-state index contributed by atoms with van der Waals surface area (Å²) in [5, 5.41) is 3.60. The smallest absolute Gasteiger partial charge is 0.0932 e. The van der Waals surface area contributed by atoms with Crippen molar-refractivity contribution in [2.75, 3.05) is 5.32 Å². The van der Waals surface area contributed by atoms with Gasteiger partial charge in [0.1, 0.15) is 0 Å². The minimum Gasteiger partial charge on any atom is -0.370 e. The lowest BCUT2D eigenvalue weighted by Crippen LogP contribution is -2.27. The number of rotatable bonds is 2. The average Bonchev–Trinajstić information content (AvgIpc) is 2.40. The number of alkyl halides is 1. The van der Waals surface area contributed by atoms with E-state index in [-0.39, 0.29) is 3.55 Å². The molecule has 0 spiro atoms. The van der Waals surface area contributed by atoms with Gasteiger partial charge < -0.3 is 5.32 Å². The second-order valence-electron chi connectivity index (χ2n) is 3.67. The molecule has 2 heteroatoms. The van der Waals surface area contributed by atoms with Crippen molar-refractivity contribution in [2.45, 2.75) is 29.7 Å². The van der Waals surface area contributed by atoms with Gasteiger partial charge in [-0.25, -0.2) is 0 Å². The maximum absolute atomic E-state index is 3.60. The van der Waals surface area contributed by atoms with Crippen LogP contribution in [-0.4, -0.2) is 3.55 Å². The summed E-state index contributed by atoms with van der Waals surface area (Å²) in [6.45, 7) is 2.24. The first-order valence-electron chi connectivity index (χ1n) is 4.78. The third kappa shape index (κ3) is 1.82. The number of nitrogens with one attached hydrogen (secondary N) is 1. The molecule has 0 saturated carbocycles. The SMILES string of the molecule is CCCC1(I)Cc2ccccc2N1. The van der Waals surface area contributed by atoms with Crippen molar-refractivity contribution in [3.8, 4) is 0 Å². The molecule has 70 valence electrons. The topological polar surface area (TPSA) is 12.0 Å². The van der Waals surface area contributed by atoms with E-state index in [1.165, 1.54) is 24.1 Å². The van der Waals surface area contributed by atoms with Crippen LogP contribution in [0, 0.1) is 0 Å². The highest BCUT2D eigenvalue weighted by atomic mass is 127. The molecule has 0 radical (unpaired) electrons. The van der Waals surface area contributed by atoms with E-state index in [0.29, 0.717) is 0 Å². The Labute approximate surface area is 93.1 Å². The summed E-state index contributed by atoms with van der Waals surface area (Å²) in [5.74, 6) is 0. The number of hydrogen-bond donors (Lipinski definition) is 1. The van der Waals surface area contributed by atoms with Gasteiger partial charge in [-0.1, -0.05) is 54.1 Å². The Morgan fingerprint density at radius 3 is 2.92 bits per heavy atom. The van der Waals surface area contributed by atoms with E-state index in [1.807, 2.05) is 0 Å². The Kier molecular flexibility index (Phi) is 2.49. The number of anilines is 1. The first-order valence-corrected chi connectivity index (χ1v) is 5.86. The number of benzene rings is 1. The molecule has 1 N–H and O–H groups in total. The highest BCUT2D eigenvalue weighted by Gasteiger charge is 2.32. The predicted octanol–water partition coefficient (Wildman–Crippen LogP) is 3.59. The Balaban J connectivity index is 2.21. The Hall–Kier alpha value is -0.250. The van der Waals surface area contributed by atoms with E-state index in [0.717, 1.165) is 6.42 Å². The highest BCUT2D eigenvalue weighted by Crippen LogP contribution is 2.39. The standard InChI is InChI=1S/C11H14IN/c1-2-7-11(12)8-9-5-3-4-6-10(9)13-11/h3-6,13H,2,7-8H2,1H3. The van der Waals surface area contributed by atoms with Crippen molar-refractivity contribution in [3.05, 3.63) is 29.8 Å². The monoisotopic (exact) mass is 287 g/mol. The number of hydrogen-bond acceptors (Lipinski definition) is 1. The zero-order valence-corrected chi connectivity index (χ0v) is 9.97. The van der Waals surface area contributed by atoms with Crippen molar-refractivity contribution >= 4 is 28.3 Å². The van der Waals surface area contributed by atoms with E-state index in [1.54, 1.807) is 0 Å². The van der Waals surface area contributed by atoms with Gasteiger partial charge in [-0.3, -0.25) is 0 Å². The van der Waals surface area contributed by atoms with E-state index in [9.17, 15) is 0 Å². The molecule has 0 saturated heterocycles. The predicted molar refractivity (Wildman–Crippen MR) is 65.4 cm³/mol. The van der Waals surface area contributed by atoms with Crippen LogP contribution in [0.15, 0.2) is 24.3 Å². The molecule has 2 rings (SSSR count). The molecule has 1 atom stereocenters. The summed E-state index contributed by atoms with van der Waals surface area (Å²) in [5.41, 5.74) is 2.79. The Bertz CT molecular complexity index is 284. The lowest BCUT2D eigenvalue weighted by molar-refractivity contribution is 0.638. The van der Waals surface area contributed by atoms with Gasteiger partial charge in [0.05, 0.1) is 3.55 Å². The summed E-state index contributed by atoms with van der Waals surface area (Å²) in [6.07, 6.45) is 3.64. The van der Waals surface area contributed by atoms with Crippen LogP contribution in [0.5, 0.6) is 0 Å². The molecule has 1 nitrogen and oxygen atoms in total. The summed E-state index contributed by atoms with van der Waals surface area (Å²) in [7, 11) is 0. The summed E-state index contributed by atoms with van der Waals surface area (Å²) < 4.78 is 0.274. The van der Waals surface area contributed by atoms with Gasteiger partial charge in [0, 0.05) is 12.1 Å². The largest absolute Gasteiger partial charge is 0.370 e. The van der Waals surface area contributed by atoms with Gasteiger partial charge in [0.2, 0.25) is 0 Å². The minimum absolute atomic E-state index is 0.274. The fourth-order valence-electron chi connectivity index (χ4n) is 1.93. The van der Waals surface area contributed by atoms with Crippen LogP contribution in [0.4, 0.5) is 5.69 Å². The van der Waals surface area contributed by atoms with Gasteiger partial charge in [-0.15, -0.1) is 0 Å². The van der Waals surface area contributed by atoms with Crippen LogP contribution in [0.1, 0.15) is 25.3 Å². The van der Waals surface area contributed by atoms with E-state index in [2.05, 4.69) is 59.1 Å². The highest BCUT2D eigenvalue weighted by molar-refractivity contribution is 14.1. The molecule has 1 heterocycles. The van der Waals surface area contributed by atoms with Gasteiger partial charge in [-0.2, -0.15) is 0 Å². The quantitative estimate of drug-likeness (QED) is 0.498. The number of fused-ring (bicyclic) bond motifs is 1. The number of para-hydroxylation sites is 1. The minimum atomic E-state index is 0.274. The first kappa shape index (κ1) is 9.31. The van der Waals surface area contributed by atoms with Crippen molar-refractivity contribution in [1.29, 1.82) is 0 Å². The molecule has 0 fully saturated rings. The van der Waals surface area contributed by atoms with E-state index in [4.69, 9.17) is 0 Å². The van der Waals surface area contributed by atoms with Crippen LogP contribution in [-0.2, 0) is 6.42 Å². The summed E-state index contributed by atoms with van der Waals surface area (Å²) >= 11 is 2.55. The van der Waals surface area contributed by atoms with E-state index < -0.39 is 0 Å². The molecule has 1 unspecified atom stereocenters. The molecule has 1 aliphatic heterocycles. The molecule has 0 aromatic heterocycles. The average molecular weight is 287 g/mol. The molecule has 1 aliphatic rings. The maximum atomic E-state index is 3.60. The van der Waals surface area contributed by atoms with Crippen molar-refractivity contribution < 1.29 is 0 Å². The second-order valence-corrected chi connectivity index (χ2v) is 5.74. The molecule has 13 heavy (non-hydrogen) atoms. The van der Waals surface area contributed by atoms with Gasteiger partial charge in [0.25, 0.3) is 0 Å². The molecule has 0 aliphatic carbocycles. The fraction of sp³-hybridized carbons (Fsp3) is 0.455. The zero-order valence-electron chi connectivity index (χ0n) is 7.81. The Morgan fingerprint density at radius 2 is 2.23 bits per heavy atom. The van der Waals surface area contributed by atoms with Crippen LogP contribution in [0.25, 0.3) is 0 Å². The zero-order chi connectivity index (χ0) is 9.31. The van der Waals surface area contributed by atoms with Gasteiger partial charge in [0.15, 0.2) is 0 Å². The van der Waals surface area contributed by atoms with Crippen LogP contribution in [0.3, 0.4) is 0 Å².